The Labute approximate surface area is 218 Å². The minimum atomic E-state index is -0.645. The SMILES string of the molecule is COc1ccc(-c2cc(-c3ccccc3)nc(S[C@H](C)C(=O)Nc3cccc([N+](=O)[O-])c3)c2C#N)cc1. The molecule has 0 bridgehead atoms. The molecular weight excluding hydrogens is 488 g/mol. The maximum Gasteiger partial charge on any atom is 0.271 e. The van der Waals surface area contributed by atoms with Gasteiger partial charge in [-0.15, -0.1) is 0 Å². The van der Waals surface area contributed by atoms with E-state index >= 15 is 0 Å². The third-order valence-electron chi connectivity index (χ3n) is 5.55. The predicted molar refractivity (Wildman–Crippen MR) is 143 cm³/mol. The molecule has 1 heterocycles. The van der Waals surface area contributed by atoms with E-state index in [2.05, 4.69) is 11.4 Å². The minimum Gasteiger partial charge on any atom is -0.497 e. The molecule has 1 aromatic heterocycles. The molecule has 8 nitrogen and oxygen atoms in total. The molecule has 0 aliphatic rings. The van der Waals surface area contributed by atoms with Crippen LogP contribution in [0.15, 0.2) is 90.0 Å². The second-order valence-electron chi connectivity index (χ2n) is 8.00. The van der Waals surface area contributed by atoms with E-state index in [-0.39, 0.29) is 11.6 Å². The Morgan fingerprint density at radius 2 is 1.78 bits per heavy atom. The molecule has 0 saturated carbocycles. The molecular formula is C28H22N4O4S. The monoisotopic (exact) mass is 510 g/mol. The van der Waals surface area contributed by atoms with Crippen LogP contribution in [0.3, 0.4) is 0 Å². The Kier molecular flexibility index (Phi) is 7.81. The number of nitrogens with zero attached hydrogens (tertiary/aromatic N) is 3. The van der Waals surface area contributed by atoms with Crippen LogP contribution in [-0.4, -0.2) is 28.2 Å². The highest BCUT2D eigenvalue weighted by Crippen LogP contribution is 2.36. The van der Waals surface area contributed by atoms with E-state index in [4.69, 9.17) is 9.72 Å². The Hall–Kier alpha value is -4.68. The molecule has 1 N–H and O–H groups in total. The molecule has 0 aliphatic heterocycles. The Balaban J connectivity index is 1.70. The lowest BCUT2D eigenvalue weighted by molar-refractivity contribution is -0.384. The number of anilines is 1. The lowest BCUT2D eigenvalue weighted by Crippen LogP contribution is -2.22. The molecule has 1 amide bonds. The van der Waals surface area contributed by atoms with Crippen LogP contribution in [0.25, 0.3) is 22.4 Å². The van der Waals surface area contributed by atoms with Gasteiger partial charge in [0, 0.05) is 28.9 Å². The van der Waals surface area contributed by atoms with Crippen LogP contribution >= 0.6 is 11.8 Å². The fourth-order valence-corrected chi connectivity index (χ4v) is 4.56. The first kappa shape index (κ1) is 25.4. The van der Waals surface area contributed by atoms with E-state index in [9.17, 15) is 20.2 Å². The molecule has 0 spiro atoms. The van der Waals surface area contributed by atoms with Crippen molar-refractivity contribution in [2.75, 3.05) is 12.4 Å². The van der Waals surface area contributed by atoms with Crippen molar-refractivity contribution < 1.29 is 14.5 Å². The highest BCUT2D eigenvalue weighted by molar-refractivity contribution is 8.00. The molecule has 1 atom stereocenters. The number of benzene rings is 3. The van der Waals surface area contributed by atoms with Crippen molar-refractivity contribution >= 4 is 29.0 Å². The van der Waals surface area contributed by atoms with E-state index in [0.29, 0.717) is 33.3 Å². The number of carbonyl (C=O) groups is 1. The molecule has 0 fully saturated rings. The van der Waals surface area contributed by atoms with Gasteiger partial charge in [-0.2, -0.15) is 5.26 Å². The number of non-ortho nitro benzene ring substituents is 1. The fraction of sp³-hybridized carbons (Fsp3) is 0.107. The van der Waals surface area contributed by atoms with Crippen LogP contribution < -0.4 is 10.1 Å². The Morgan fingerprint density at radius 1 is 1.05 bits per heavy atom. The van der Waals surface area contributed by atoms with Crippen molar-refractivity contribution in [2.24, 2.45) is 0 Å². The van der Waals surface area contributed by atoms with Crippen LogP contribution in [0, 0.1) is 21.4 Å². The van der Waals surface area contributed by atoms with E-state index in [1.807, 2.05) is 60.7 Å². The summed E-state index contributed by atoms with van der Waals surface area (Å²) in [6, 6.07) is 26.8. The summed E-state index contributed by atoms with van der Waals surface area (Å²) in [5.74, 6) is 0.327. The normalized spacial score (nSPS) is 11.3. The van der Waals surface area contributed by atoms with Crippen LogP contribution in [0.5, 0.6) is 5.75 Å². The number of nitrogens with one attached hydrogen (secondary N) is 1. The van der Waals surface area contributed by atoms with Crippen LogP contribution in [0.4, 0.5) is 11.4 Å². The van der Waals surface area contributed by atoms with Gasteiger partial charge in [-0.05, 0) is 36.8 Å². The standard InChI is InChI=1S/C28H22N4O4S/c1-18(27(33)30-21-9-6-10-22(15-21)32(34)35)37-28-25(17-29)24(19-11-13-23(36-2)14-12-19)16-26(31-28)20-7-4-3-5-8-20/h3-16,18H,1-2H3,(H,30,33)/t18-/m1/s1. The van der Waals surface area contributed by atoms with Crippen molar-refractivity contribution in [2.45, 2.75) is 17.2 Å². The highest BCUT2D eigenvalue weighted by Gasteiger charge is 2.22. The molecule has 37 heavy (non-hydrogen) atoms. The summed E-state index contributed by atoms with van der Waals surface area (Å²) >= 11 is 1.15. The zero-order valence-corrected chi connectivity index (χ0v) is 20.9. The summed E-state index contributed by atoms with van der Waals surface area (Å²) < 4.78 is 5.26. The Bertz CT molecular complexity index is 1480. The molecule has 0 unspecified atom stereocenters. The number of hydrogen-bond acceptors (Lipinski definition) is 7. The molecule has 9 heteroatoms. The third kappa shape index (κ3) is 5.94. The number of nitro groups is 1. The van der Waals surface area contributed by atoms with Crippen molar-refractivity contribution in [3.05, 3.63) is 101 Å². The average molecular weight is 511 g/mol. The molecule has 0 saturated heterocycles. The fourth-order valence-electron chi connectivity index (χ4n) is 3.63. The maximum atomic E-state index is 13.0. The average Bonchev–Trinajstić information content (AvgIpc) is 2.93. The molecule has 3 aromatic carbocycles. The first-order chi connectivity index (χ1) is 17.9. The number of methoxy groups -OCH3 is 1. The lowest BCUT2D eigenvalue weighted by atomic mass is 9.99. The largest absolute Gasteiger partial charge is 0.497 e. The number of pyridine rings is 1. The zero-order chi connectivity index (χ0) is 26.4. The highest BCUT2D eigenvalue weighted by atomic mass is 32.2. The summed E-state index contributed by atoms with van der Waals surface area (Å²) in [5.41, 5.74) is 3.59. The number of carbonyl (C=O) groups excluding carboxylic acids is 1. The van der Waals surface area contributed by atoms with Gasteiger partial charge in [0.05, 0.1) is 28.5 Å². The van der Waals surface area contributed by atoms with Gasteiger partial charge in [0.15, 0.2) is 0 Å². The van der Waals surface area contributed by atoms with Crippen LogP contribution in [0.2, 0.25) is 0 Å². The van der Waals surface area contributed by atoms with Crippen molar-refractivity contribution in [1.82, 2.24) is 4.98 Å². The van der Waals surface area contributed by atoms with Gasteiger partial charge in [-0.3, -0.25) is 14.9 Å². The van der Waals surface area contributed by atoms with Gasteiger partial charge >= 0.3 is 0 Å². The number of rotatable bonds is 8. The van der Waals surface area contributed by atoms with E-state index in [1.54, 1.807) is 20.1 Å². The smallest absolute Gasteiger partial charge is 0.271 e. The summed E-state index contributed by atoms with van der Waals surface area (Å²) in [6.07, 6.45) is 0. The molecule has 0 radical (unpaired) electrons. The van der Waals surface area contributed by atoms with Gasteiger partial charge < -0.3 is 10.1 Å². The van der Waals surface area contributed by atoms with Crippen LogP contribution in [-0.2, 0) is 4.79 Å². The summed E-state index contributed by atoms with van der Waals surface area (Å²) in [5, 5.41) is 23.6. The first-order valence-electron chi connectivity index (χ1n) is 11.3. The minimum absolute atomic E-state index is 0.119. The van der Waals surface area contributed by atoms with Gasteiger partial charge in [-0.1, -0.05) is 60.3 Å². The third-order valence-corrected chi connectivity index (χ3v) is 6.64. The summed E-state index contributed by atoms with van der Waals surface area (Å²) in [7, 11) is 1.59. The van der Waals surface area contributed by atoms with E-state index in [0.717, 1.165) is 22.9 Å². The van der Waals surface area contributed by atoms with Crippen LogP contribution in [0.1, 0.15) is 12.5 Å². The number of amides is 1. The van der Waals surface area contributed by atoms with Crippen molar-refractivity contribution in [3.63, 3.8) is 0 Å². The number of nitro benzene ring substituents is 1. The maximum absolute atomic E-state index is 13.0. The lowest BCUT2D eigenvalue weighted by Gasteiger charge is -2.16. The van der Waals surface area contributed by atoms with E-state index in [1.165, 1.54) is 18.2 Å². The topological polar surface area (TPSA) is 118 Å². The zero-order valence-electron chi connectivity index (χ0n) is 20.0. The number of aromatic nitrogens is 1. The number of hydrogen-bond donors (Lipinski definition) is 1. The number of thioether (sulfide) groups is 1. The second kappa shape index (κ2) is 11.4. The summed E-state index contributed by atoms with van der Waals surface area (Å²) in [4.78, 5) is 28.2. The van der Waals surface area contributed by atoms with Gasteiger partial charge in [0.1, 0.15) is 16.8 Å². The van der Waals surface area contributed by atoms with Crippen molar-refractivity contribution in [1.29, 1.82) is 5.26 Å². The second-order valence-corrected chi connectivity index (χ2v) is 9.33. The van der Waals surface area contributed by atoms with E-state index < -0.39 is 10.2 Å². The predicted octanol–water partition coefficient (Wildman–Crippen LogP) is 6.32. The van der Waals surface area contributed by atoms with Gasteiger partial charge in [-0.25, -0.2) is 4.98 Å². The van der Waals surface area contributed by atoms with Gasteiger partial charge in [0.2, 0.25) is 5.91 Å². The number of ether oxygens (including phenoxy) is 1. The molecule has 0 aliphatic carbocycles. The molecule has 4 aromatic rings. The molecule has 4 rings (SSSR count). The number of nitriles is 1. The first-order valence-corrected chi connectivity index (χ1v) is 12.1. The quantitative estimate of drug-likeness (QED) is 0.167. The molecule has 184 valence electrons. The Morgan fingerprint density at radius 3 is 2.43 bits per heavy atom. The summed E-state index contributed by atoms with van der Waals surface area (Å²) in [6.45, 7) is 1.70. The van der Waals surface area contributed by atoms with Gasteiger partial charge in [0.25, 0.3) is 5.69 Å². The van der Waals surface area contributed by atoms with Crippen molar-refractivity contribution in [3.8, 4) is 34.2 Å².